The molecule has 0 atom stereocenters. The maximum Gasteiger partial charge on any atom is 0.187 e. The van der Waals surface area contributed by atoms with Gasteiger partial charge in [0.1, 0.15) is 5.71 Å². The summed E-state index contributed by atoms with van der Waals surface area (Å²) in [7, 11) is 0. The topological polar surface area (TPSA) is 92.7 Å². The second-order valence-corrected chi connectivity index (χ2v) is 7.18. The van der Waals surface area contributed by atoms with Crippen molar-refractivity contribution in [1.82, 2.24) is 0 Å². The Morgan fingerprint density at radius 3 is 2.30 bits per heavy atom. The molecule has 154 valence electrons. The monoisotopic (exact) mass is 401 g/mol. The molecule has 1 heterocycles. The number of hydrogen-bond acceptors (Lipinski definition) is 6. The molecule has 2 aromatic rings. The van der Waals surface area contributed by atoms with Crippen LogP contribution < -0.4 is 4.90 Å². The van der Waals surface area contributed by atoms with E-state index in [2.05, 4.69) is 27.0 Å². The summed E-state index contributed by atoms with van der Waals surface area (Å²) in [5.41, 5.74) is 2.77. The smallest absolute Gasteiger partial charge is 0.187 e. The van der Waals surface area contributed by atoms with Crippen LogP contribution in [0.25, 0.3) is 0 Å². The van der Waals surface area contributed by atoms with Crippen molar-refractivity contribution in [3.63, 3.8) is 0 Å². The van der Waals surface area contributed by atoms with Gasteiger partial charge in [-0.3, -0.25) is 20.2 Å². The minimum absolute atomic E-state index is 0.0263. The first kappa shape index (κ1) is 21.3. The van der Waals surface area contributed by atoms with Gasteiger partial charge in [0.05, 0.1) is 17.1 Å². The van der Waals surface area contributed by atoms with Gasteiger partial charge in [0.2, 0.25) is 0 Å². The molecule has 0 radical (unpaired) electrons. The number of carbonyl (C=O) groups is 1. The lowest BCUT2D eigenvalue weighted by atomic mass is 10.1. The van der Waals surface area contributed by atoms with Gasteiger partial charge in [-0.25, -0.2) is 0 Å². The van der Waals surface area contributed by atoms with Gasteiger partial charge in [0.15, 0.2) is 5.78 Å². The predicted molar refractivity (Wildman–Crippen MR) is 125 cm³/mol. The van der Waals surface area contributed by atoms with Crippen LogP contribution in [-0.4, -0.2) is 42.7 Å². The number of aliphatic imine (C=N–C) groups is 2. The molecule has 2 aromatic carbocycles. The summed E-state index contributed by atoms with van der Waals surface area (Å²) in [4.78, 5) is 23.5. The number of nitrogens with one attached hydrogen (secondary N) is 2. The third kappa shape index (κ3) is 6.04. The number of hydrogen-bond donors (Lipinski definition) is 2. The third-order valence-electron chi connectivity index (χ3n) is 4.97. The fourth-order valence-corrected chi connectivity index (χ4v) is 3.36. The van der Waals surface area contributed by atoms with Crippen LogP contribution in [0.4, 0.5) is 17.1 Å². The molecule has 3 rings (SSSR count). The van der Waals surface area contributed by atoms with Gasteiger partial charge in [-0.1, -0.05) is 18.2 Å². The number of Topliss-reactive ketones (excluding diaryl/α,β-unsaturated/α-hetero) is 1. The Bertz CT molecular complexity index is 926. The molecule has 6 heteroatoms. The molecule has 1 aliphatic rings. The van der Waals surface area contributed by atoms with E-state index in [0.29, 0.717) is 11.4 Å². The zero-order chi connectivity index (χ0) is 21.2. The second-order valence-electron chi connectivity index (χ2n) is 7.18. The van der Waals surface area contributed by atoms with Crippen LogP contribution in [0.5, 0.6) is 0 Å². The molecule has 2 N–H and O–H groups in total. The van der Waals surface area contributed by atoms with Crippen molar-refractivity contribution in [2.75, 3.05) is 18.0 Å². The van der Waals surface area contributed by atoms with Crippen molar-refractivity contribution in [1.29, 1.82) is 10.8 Å². The number of piperidine rings is 1. The molecule has 1 fully saturated rings. The van der Waals surface area contributed by atoms with Gasteiger partial charge in [0, 0.05) is 44.0 Å². The van der Waals surface area contributed by atoms with Crippen molar-refractivity contribution in [2.24, 2.45) is 9.98 Å². The minimum Gasteiger partial charge on any atom is -0.372 e. The van der Waals surface area contributed by atoms with E-state index in [1.54, 1.807) is 12.1 Å². The summed E-state index contributed by atoms with van der Waals surface area (Å²) in [6.07, 6.45) is 6.65. The van der Waals surface area contributed by atoms with Crippen molar-refractivity contribution >= 4 is 46.7 Å². The summed E-state index contributed by atoms with van der Waals surface area (Å²) < 4.78 is 0. The van der Waals surface area contributed by atoms with Gasteiger partial charge in [-0.15, -0.1) is 0 Å². The first-order chi connectivity index (χ1) is 14.7. The third-order valence-corrected chi connectivity index (χ3v) is 4.97. The molecular formula is C24H27N5O. The Balaban J connectivity index is 1.59. The molecule has 30 heavy (non-hydrogen) atoms. The maximum atomic E-state index is 12.4. The number of ketones is 1. The molecular weight excluding hydrogens is 374 g/mol. The number of benzene rings is 2. The number of anilines is 1. The molecule has 0 aliphatic carbocycles. The summed E-state index contributed by atoms with van der Waals surface area (Å²) in [6.45, 7) is 2.20. The normalized spacial score (nSPS) is 14.7. The standard InChI is InChI=1S/C24H27N5O/c25-15-13-22(28-20-7-3-1-4-8-20)24(26)23(30)14-16-27-19-9-11-21(12-10-19)29-17-5-2-6-18-29/h1,3-4,7-12,15-16,25-26H,2,5-6,13-14,17-18H2. The van der Waals surface area contributed by atoms with Crippen molar-refractivity contribution in [2.45, 2.75) is 32.1 Å². The van der Waals surface area contributed by atoms with Crippen LogP contribution in [0, 0.1) is 10.8 Å². The predicted octanol–water partition coefficient (Wildman–Crippen LogP) is 5.17. The van der Waals surface area contributed by atoms with Gasteiger partial charge in [-0.2, -0.15) is 0 Å². The lowest BCUT2D eigenvalue weighted by Gasteiger charge is -2.28. The maximum absolute atomic E-state index is 12.4. The highest BCUT2D eigenvalue weighted by molar-refractivity contribution is 6.68. The molecule has 0 amide bonds. The first-order valence-electron chi connectivity index (χ1n) is 10.3. The van der Waals surface area contributed by atoms with E-state index in [9.17, 15) is 4.79 Å². The van der Waals surface area contributed by atoms with Crippen LogP contribution >= 0.6 is 0 Å². The van der Waals surface area contributed by atoms with E-state index in [-0.39, 0.29) is 24.3 Å². The molecule has 1 saturated heterocycles. The number of nitrogens with zero attached hydrogens (tertiary/aromatic N) is 3. The Labute approximate surface area is 177 Å². The lowest BCUT2D eigenvalue weighted by molar-refractivity contribution is -0.111. The minimum atomic E-state index is -0.361. The lowest BCUT2D eigenvalue weighted by Crippen LogP contribution is -2.29. The number of carbonyl (C=O) groups excluding carboxylic acids is 1. The highest BCUT2D eigenvalue weighted by atomic mass is 16.1. The summed E-state index contributed by atoms with van der Waals surface area (Å²) >= 11 is 0. The van der Waals surface area contributed by atoms with Crippen LogP contribution in [0.1, 0.15) is 32.1 Å². The van der Waals surface area contributed by atoms with E-state index in [4.69, 9.17) is 10.8 Å². The van der Waals surface area contributed by atoms with E-state index >= 15 is 0 Å². The zero-order valence-corrected chi connectivity index (χ0v) is 17.1. The van der Waals surface area contributed by atoms with Crippen LogP contribution in [-0.2, 0) is 4.79 Å². The Kier molecular flexibility index (Phi) is 7.78. The van der Waals surface area contributed by atoms with Gasteiger partial charge >= 0.3 is 0 Å². The summed E-state index contributed by atoms with van der Waals surface area (Å²) in [6, 6.07) is 17.2. The van der Waals surface area contributed by atoms with E-state index < -0.39 is 0 Å². The molecule has 6 nitrogen and oxygen atoms in total. The van der Waals surface area contributed by atoms with Crippen molar-refractivity contribution in [3.8, 4) is 0 Å². The first-order valence-corrected chi connectivity index (χ1v) is 10.3. The highest BCUT2D eigenvalue weighted by Gasteiger charge is 2.15. The van der Waals surface area contributed by atoms with Crippen LogP contribution in [0.2, 0.25) is 0 Å². The zero-order valence-electron chi connectivity index (χ0n) is 17.1. The quantitative estimate of drug-likeness (QED) is 0.567. The Morgan fingerprint density at radius 1 is 0.933 bits per heavy atom. The van der Waals surface area contributed by atoms with E-state index in [0.717, 1.165) is 25.0 Å². The van der Waals surface area contributed by atoms with Gasteiger partial charge in [0.25, 0.3) is 0 Å². The largest absolute Gasteiger partial charge is 0.372 e. The molecule has 0 saturated carbocycles. The SMILES string of the molecule is N=CCC(=Nc1ccccc1)C(=N)C(=O)CC=Nc1ccc(N2CCCCC2)cc1. The van der Waals surface area contributed by atoms with Crippen LogP contribution in [0.3, 0.4) is 0 Å². The molecule has 0 aromatic heterocycles. The Hall–Kier alpha value is -3.41. The molecule has 1 aliphatic heterocycles. The second kappa shape index (κ2) is 11.0. The van der Waals surface area contributed by atoms with Crippen LogP contribution in [0.15, 0.2) is 64.6 Å². The average molecular weight is 402 g/mol. The fourth-order valence-electron chi connectivity index (χ4n) is 3.36. The average Bonchev–Trinajstić information content (AvgIpc) is 2.80. The fraction of sp³-hybridized carbons (Fsp3) is 0.292. The number of rotatable bonds is 9. The van der Waals surface area contributed by atoms with E-state index in [1.165, 1.54) is 31.2 Å². The Morgan fingerprint density at radius 2 is 1.63 bits per heavy atom. The summed E-state index contributed by atoms with van der Waals surface area (Å²) in [5.74, 6) is -0.361. The molecule has 0 unspecified atom stereocenters. The van der Waals surface area contributed by atoms with Gasteiger partial charge < -0.3 is 10.3 Å². The van der Waals surface area contributed by atoms with Crippen molar-refractivity contribution in [3.05, 3.63) is 54.6 Å². The highest BCUT2D eigenvalue weighted by Crippen LogP contribution is 2.22. The molecule has 0 spiro atoms. The summed E-state index contributed by atoms with van der Waals surface area (Å²) in [5, 5.41) is 15.5. The molecule has 0 bridgehead atoms. The van der Waals surface area contributed by atoms with E-state index in [1.807, 2.05) is 30.3 Å². The van der Waals surface area contributed by atoms with Crippen molar-refractivity contribution < 1.29 is 4.79 Å². The number of para-hydroxylation sites is 1. The van der Waals surface area contributed by atoms with Gasteiger partial charge in [-0.05, 0) is 55.7 Å².